The van der Waals surface area contributed by atoms with E-state index in [1.54, 1.807) is 36.6 Å². The maximum atomic E-state index is 13.5. The number of para-hydroxylation sites is 1. The van der Waals surface area contributed by atoms with Gasteiger partial charge in [-0.3, -0.25) is 9.29 Å². The zero-order valence-electron chi connectivity index (χ0n) is 20.5. The van der Waals surface area contributed by atoms with Gasteiger partial charge in [0.2, 0.25) is 16.0 Å². The third kappa shape index (κ3) is 5.25. The lowest BCUT2D eigenvalue weighted by Gasteiger charge is -2.24. The van der Waals surface area contributed by atoms with E-state index in [-0.39, 0.29) is 11.9 Å². The van der Waals surface area contributed by atoms with Gasteiger partial charge in [0, 0.05) is 30.8 Å². The lowest BCUT2D eigenvalue weighted by Crippen LogP contribution is -2.31. The van der Waals surface area contributed by atoms with Crippen LogP contribution in [0.3, 0.4) is 0 Å². The van der Waals surface area contributed by atoms with Crippen LogP contribution in [0.25, 0.3) is 5.69 Å². The minimum atomic E-state index is -3.96. The van der Waals surface area contributed by atoms with Crippen molar-refractivity contribution in [1.82, 2.24) is 24.7 Å². The molecule has 1 N–H and O–H groups in total. The van der Waals surface area contributed by atoms with Crippen LogP contribution in [0.1, 0.15) is 50.2 Å². The minimum Gasteiger partial charge on any atom is -0.494 e. The largest absolute Gasteiger partial charge is 0.494 e. The second kappa shape index (κ2) is 11.0. The number of halogens is 1. The highest BCUT2D eigenvalue weighted by molar-refractivity contribution is 7.93. The van der Waals surface area contributed by atoms with Crippen molar-refractivity contribution in [3.05, 3.63) is 47.3 Å². The van der Waals surface area contributed by atoms with Gasteiger partial charge in [-0.05, 0) is 31.9 Å². The fourth-order valence-corrected chi connectivity index (χ4v) is 5.43. The van der Waals surface area contributed by atoms with E-state index in [9.17, 15) is 8.42 Å². The predicted octanol–water partition coefficient (Wildman–Crippen LogP) is 3.56. The molecule has 0 spiro atoms. The Balaban J connectivity index is 1.77. The molecule has 0 bridgehead atoms. The summed E-state index contributed by atoms with van der Waals surface area (Å²) >= 11 is 5.88. The third-order valence-corrected chi connectivity index (χ3v) is 8.36. The Hall–Kier alpha value is -2.96. The first-order chi connectivity index (χ1) is 17.3. The topological polar surface area (TPSA) is 130 Å². The number of aromatic nitrogens is 5. The average molecular weight is 537 g/mol. The van der Waals surface area contributed by atoms with E-state index in [0.29, 0.717) is 47.1 Å². The molecule has 36 heavy (non-hydrogen) atoms. The molecular formula is C23H29ClN6O5S. The number of hydrogen-bond donors (Lipinski definition) is 1. The molecule has 0 amide bonds. The first-order valence-corrected chi connectivity index (χ1v) is 13.4. The lowest BCUT2D eigenvalue weighted by atomic mass is 10.0. The lowest BCUT2D eigenvalue weighted by molar-refractivity contribution is 0.0775. The van der Waals surface area contributed by atoms with Gasteiger partial charge in [0.1, 0.15) is 28.8 Å². The third-order valence-electron chi connectivity index (χ3n) is 6.31. The molecule has 1 aliphatic heterocycles. The smallest absolute Gasteiger partial charge is 0.243 e. The number of ether oxygens (including phenoxy) is 3. The van der Waals surface area contributed by atoms with Gasteiger partial charge < -0.3 is 14.2 Å². The van der Waals surface area contributed by atoms with E-state index in [2.05, 4.69) is 24.9 Å². The van der Waals surface area contributed by atoms with E-state index in [4.69, 9.17) is 25.8 Å². The number of anilines is 1. The van der Waals surface area contributed by atoms with Crippen LogP contribution in [0.15, 0.2) is 30.6 Å². The molecule has 4 rings (SSSR count). The number of hydrogen-bond acceptors (Lipinski definition) is 9. The zero-order chi connectivity index (χ0) is 25.9. The molecule has 13 heteroatoms. The molecule has 2 unspecified atom stereocenters. The van der Waals surface area contributed by atoms with Crippen LogP contribution >= 0.6 is 11.6 Å². The highest BCUT2D eigenvalue weighted by Crippen LogP contribution is 2.38. The number of rotatable bonds is 9. The highest BCUT2D eigenvalue weighted by Gasteiger charge is 2.33. The first-order valence-electron chi connectivity index (χ1n) is 11.5. The Morgan fingerprint density at radius 3 is 2.39 bits per heavy atom. The van der Waals surface area contributed by atoms with Gasteiger partial charge in [-0.25, -0.2) is 18.4 Å². The van der Waals surface area contributed by atoms with Gasteiger partial charge in [-0.2, -0.15) is 0 Å². The summed E-state index contributed by atoms with van der Waals surface area (Å²) in [6.07, 6.45) is 4.56. The molecule has 0 radical (unpaired) electrons. The summed E-state index contributed by atoms with van der Waals surface area (Å²) in [6, 6.07) is 5.31. The van der Waals surface area contributed by atoms with Crippen molar-refractivity contribution in [3.63, 3.8) is 0 Å². The van der Waals surface area contributed by atoms with E-state index < -0.39 is 21.2 Å². The minimum absolute atomic E-state index is 0.0226. The summed E-state index contributed by atoms with van der Waals surface area (Å²) in [5, 5.41) is 8.09. The average Bonchev–Trinajstić information content (AvgIpc) is 3.30. The van der Waals surface area contributed by atoms with Crippen LogP contribution in [0.5, 0.6) is 11.5 Å². The Kier molecular flexibility index (Phi) is 7.96. The van der Waals surface area contributed by atoms with Crippen molar-refractivity contribution >= 4 is 27.6 Å². The fraction of sp³-hybridized carbons (Fsp3) is 0.478. The second-order valence-corrected chi connectivity index (χ2v) is 11.0. The van der Waals surface area contributed by atoms with Crippen molar-refractivity contribution in [2.45, 2.75) is 43.8 Å². The van der Waals surface area contributed by atoms with Gasteiger partial charge in [-0.15, -0.1) is 10.2 Å². The highest BCUT2D eigenvalue weighted by atomic mass is 35.5. The molecule has 11 nitrogen and oxygen atoms in total. The van der Waals surface area contributed by atoms with Crippen LogP contribution in [0.4, 0.5) is 5.95 Å². The van der Waals surface area contributed by atoms with Crippen LogP contribution in [0, 0.1) is 0 Å². The van der Waals surface area contributed by atoms with Crippen LogP contribution in [-0.2, 0) is 14.8 Å². The SMILES string of the molecule is COc1cccc(OC)c1-n1c(NS(=O)(=O)C(C)C(C)c2ncc(Cl)cn2)nnc1[C@H]1CCCOC1. The molecule has 3 aromatic rings. The molecule has 2 aromatic heterocycles. The number of sulfonamides is 1. The van der Waals surface area contributed by atoms with Gasteiger partial charge >= 0.3 is 0 Å². The maximum absolute atomic E-state index is 13.5. The monoisotopic (exact) mass is 536 g/mol. The van der Waals surface area contributed by atoms with Crippen molar-refractivity contribution in [2.24, 2.45) is 0 Å². The summed E-state index contributed by atoms with van der Waals surface area (Å²) in [5.74, 6) is 1.28. The molecule has 3 atom stereocenters. The summed E-state index contributed by atoms with van der Waals surface area (Å²) in [4.78, 5) is 8.36. The number of nitrogens with one attached hydrogen (secondary N) is 1. The molecular weight excluding hydrogens is 508 g/mol. The zero-order valence-corrected chi connectivity index (χ0v) is 22.1. The van der Waals surface area contributed by atoms with E-state index in [1.165, 1.54) is 26.6 Å². The standard InChI is InChI=1S/C23H29ClN6O5S/c1-14(21-25-11-17(24)12-26-21)15(2)36(31,32)29-23-28-27-22(16-7-6-10-35-13-16)30(23)20-18(33-3)8-5-9-19(20)34-4/h5,8-9,11-12,14-16H,6-7,10,13H2,1-4H3,(H,28,29)/t14?,15?,16-/m0/s1. The molecule has 0 aliphatic carbocycles. The fourth-order valence-electron chi connectivity index (χ4n) is 4.10. The molecule has 3 heterocycles. The number of nitrogens with zero attached hydrogens (tertiary/aromatic N) is 5. The summed E-state index contributed by atoms with van der Waals surface area (Å²) < 4.78 is 48.2. The Morgan fingerprint density at radius 2 is 1.81 bits per heavy atom. The summed E-state index contributed by atoms with van der Waals surface area (Å²) in [7, 11) is -0.890. The first kappa shape index (κ1) is 26.1. The van der Waals surface area contributed by atoms with Crippen LogP contribution in [-0.4, -0.2) is 65.8 Å². The summed E-state index contributed by atoms with van der Waals surface area (Å²) in [6.45, 7) is 4.45. The number of methoxy groups -OCH3 is 2. The quantitative estimate of drug-likeness (QED) is 0.436. The number of benzene rings is 1. The normalized spacial score (nSPS) is 17.9. The van der Waals surface area contributed by atoms with E-state index >= 15 is 0 Å². The maximum Gasteiger partial charge on any atom is 0.243 e. The van der Waals surface area contributed by atoms with Gasteiger partial charge in [-0.1, -0.05) is 24.6 Å². The van der Waals surface area contributed by atoms with Gasteiger partial charge in [0.25, 0.3) is 0 Å². The van der Waals surface area contributed by atoms with Gasteiger partial charge in [0.15, 0.2) is 0 Å². The van der Waals surface area contributed by atoms with Crippen LogP contribution in [0.2, 0.25) is 5.02 Å². The van der Waals surface area contributed by atoms with E-state index in [0.717, 1.165) is 12.8 Å². The Bertz CT molecular complexity index is 1270. The van der Waals surface area contributed by atoms with Crippen molar-refractivity contribution in [1.29, 1.82) is 0 Å². The van der Waals surface area contributed by atoms with Gasteiger partial charge in [0.05, 0.1) is 31.1 Å². The molecule has 1 aliphatic rings. The van der Waals surface area contributed by atoms with Crippen molar-refractivity contribution in [3.8, 4) is 17.2 Å². The molecule has 1 fully saturated rings. The molecule has 0 saturated carbocycles. The van der Waals surface area contributed by atoms with Crippen molar-refractivity contribution in [2.75, 3.05) is 32.2 Å². The summed E-state index contributed by atoms with van der Waals surface area (Å²) in [5.41, 5.74) is 0.493. The molecule has 1 saturated heterocycles. The Labute approximate surface area is 215 Å². The molecule has 194 valence electrons. The van der Waals surface area contributed by atoms with E-state index in [1.807, 2.05) is 0 Å². The van der Waals surface area contributed by atoms with Crippen molar-refractivity contribution < 1.29 is 22.6 Å². The Morgan fingerprint density at radius 1 is 1.14 bits per heavy atom. The second-order valence-electron chi connectivity index (χ2n) is 8.54. The van der Waals surface area contributed by atoms with Crippen LogP contribution < -0.4 is 14.2 Å². The predicted molar refractivity (Wildman–Crippen MR) is 135 cm³/mol. The molecule has 1 aromatic carbocycles.